The summed E-state index contributed by atoms with van der Waals surface area (Å²) in [6.45, 7) is 3.26. The van der Waals surface area contributed by atoms with Gasteiger partial charge >= 0.3 is 0 Å². The number of nitrogens with zero attached hydrogens (tertiary/aromatic N) is 3. The lowest BCUT2D eigenvalue weighted by Crippen LogP contribution is -2.41. The zero-order valence-corrected chi connectivity index (χ0v) is 13.3. The van der Waals surface area contributed by atoms with Crippen LogP contribution in [0.1, 0.15) is 31.2 Å². The molecule has 1 atom stereocenters. The van der Waals surface area contributed by atoms with Crippen molar-refractivity contribution in [1.82, 2.24) is 10.3 Å². The minimum atomic E-state index is 0.719. The van der Waals surface area contributed by atoms with Crippen LogP contribution in [-0.2, 0) is 0 Å². The van der Waals surface area contributed by atoms with Crippen molar-refractivity contribution in [2.75, 3.05) is 24.5 Å². The Morgan fingerprint density at radius 1 is 1.17 bits per heavy atom. The van der Waals surface area contributed by atoms with Crippen molar-refractivity contribution in [3.8, 4) is 6.07 Å². The number of pyridine rings is 1. The number of rotatable bonds is 2. The molecule has 1 N–H and O–H groups in total. The third-order valence-electron chi connectivity index (χ3n) is 5.35. The molecular weight excluding hydrogens is 284 g/mol. The Balaban J connectivity index is 1.55. The van der Waals surface area contributed by atoms with Crippen LogP contribution in [0.15, 0.2) is 30.3 Å². The number of anilines is 1. The lowest BCUT2D eigenvalue weighted by molar-refractivity contribution is 0.318. The fourth-order valence-electron chi connectivity index (χ4n) is 4.06. The highest BCUT2D eigenvalue weighted by Gasteiger charge is 2.28. The molecule has 4 heteroatoms. The molecule has 1 unspecified atom stereocenters. The van der Waals surface area contributed by atoms with Crippen LogP contribution in [0.4, 0.5) is 5.82 Å². The number of fused-ring (bicyclic) bond motifs is 1. The Morgan fingerprint density at radius 3 is 2.74 bits per heavy atom. The van der Waals surface area contributed by atoms with E-state index < -0.39 is 0 Å². The Hall–Kier alpha value is -2.12. The molecule has 23 heavy (non-hydrogen) atoms. The van der Waals surface area contributed by atoms with Gasteiger partial charge in [-0.25, -0.2) is 4.98 Å². The fourth-order valence-corrected chi connectivity index (χ4v) is 4.06. The van der Waals surface area contributed by atoms with Crippen LogP contribution in [0, 0.1) is 17.2 Å². The van der Waals surface area contributed by atoms with E-state index in [9.17, 15) is 5.26 Å². The summed E-state index contributed by atoms with van der Waals surface area (Å²) in [5.41, 5.74) is 1.64. The molecule has 2 aliphatic heterocycles. The molecule has 0 aliphatic carbocycles. The van der Waals surface area contributed by atoms with Crippen LogP contribution in [0.5, 0.6) is 0 Å². The standard InChI is InChI=1S/C19H22N4/c20-13-15-12-19(22-18-5-2-1-4-16(15)18)23-10-7-14(8-11-23)17-6-3-9-21-17/h1-2,4-5,12,14,17,21H,3,6-11H2. The number of nitriles is 1. The lowest BCUT2D eigenvalue weighted by atomic mass is 9.88. The van der Waals surface area contributed by atoms with E-state index >= 15 is 0 Å². The number of hydrogen-bond acceptors (Lipinski definition) is 4. The quantitative estimate of drug-likeness (QED) is 0.926. The van der Waals surface area contributed by atoms with E-state index in [-0.39, 0.29) is 0 Å². The van der Waals surface area contributed by atoms with Crippen molar-refractivity contribution in [2.45, 2.75) is 31.7 Å². The molecule has 0 saturated carbocycles. The van der Waals surface area contributed by atoms with Crippen LogP contribution in [-0.4, -0.2) is 30.7 Å². The molecule has 0 bridgehead atoms. The maximum atomic E-state index is 9.44. The van der Waals surface area contributed by atoms with Gasteiger partial charge in [-0.1, -0.05) is 18.2 Å². The average Bonchev–Trinajstić information content (AvgIpc) is 3.15. The Labute approximate surface area is 137 Å². The predicted molar refractivity (Wildman–Crippen MR) is 92.4 cm³/mol. The van der Waals surface area contributed by atoms with Gasteiger partial charge in [0.25, 0.3) is 0 Å². The molecule has 4 nitrogen and oxygen atoms in total. The number of piperidine rings is 1. The first-order valence-corrected chi connectivity index (χ1v) is 8.63. The Bertz CT molecular complexity index is 735. The minimum absolute atomic E-state index is 0.719. The Kier molecular flexibility index (Phi) is 3.88. The van der Waals surface area contributed by atoms with Crippen LogP contribution in [0.25, 0.3) is 10.9 Å². The van der Waals surface area contributed by atoms with Crippen molar-refractivity contribution in [3.05, 3.63) is 35.9 Å². The highest BCUT2D eigenvalue weighted by atomic mass is 15.2. The topological polar surface area (TPSA) is 52.0 Å². The lowest BCUT2D eigenvalue weighted by Gasteiger charge is -2.35. The molecule has 2 fully saturated rings. The van der Waals surface area contributed by atoms with E-state index in [1.807, 2.05) is 30.3 Å². The fraction of sp³-hybridized carbons (Fsp3) is 0.474. The van der Waals surface area contributed by atoms with Gasteiger partial charge in [0.1, 0.15) is 5.82 Å². The molecule has 2 saturated heterocycles. The van der Waals surface area contributed by atoms with E-state index in [2.05, 4.69) is 16.3 Å². The second kappa shape index (κ2) is 6.17. The second-order valence-corrected chi connectivity index (χ2v) is 6.68. The molecule has 0 radical (unpaired) electrons. The van der Waals surface area contributed by atoms with Gasteiger partial charge in [0, 0.05) is 24.5 Å². The van der Waals surface area contributed by atoms with Crippen LogP contribution in [0.2, 0.25) is 0 Å². The summed E-state index contributed by atoms with van der Waals surface area (Å²) in [6.07, 6.45) is 5.09. The van der Waals surface area contributed by atoms with Gasteiger partial charge in [-0.3, -0.25) is 0 Å². The van der Waals surface area contributed by atoms with Crippen molar-refractivity contribution >= 4 is 16.7 Å². The maximum Gasteiger partial charge on any atom is 0.130 e. The van der Waals surface area contributed by atoms with Crippen molar-refractivity contribution < 1.29 is 0 Å². The van der Waals surface area contributed by atoms with Crippen LogP contribution >= 0.6 is 0 Å². The Morgan fingerprint density at radius 2 is 2.00 bits per heavy atom. The number of hydrogen-bond donors (Lipinski definition) is 1. The van der Waals surface area contributed by atoms with Crippen molar-refractivity contribution in [3.63, 3.8) is 0 Å². The molecule has 1 aromatic carbocycles. The number of para-hydroxylation sites is 1. The normalized spacial score (nSPS) is 22.4. The molecule has 0 amide bonds. The second-order valence-electron chi connectivity index (χ2n) is 6.68. The van der Waals surface area contributed by atoms with E-state index in [0.29, 0.717) is 0 Å². The van der Waals surface area contributed by atoms with E-state index in [1.165, 1.54) is 32.2 Å². The van der Waals surface area contributed by atoms with E-state index in [1.54, 1.807) is 0 Å². The third kappa shape index (κ3) is 2.77. The summed E-state index contributed by atoms with van der Waals surface area (Å²) < 4.78 is 0. The molecule has 2 aromatic rings. The highest BCUT2D eigenvalue weighted by Crippen LogP contribution is 2.29. The van der Waals surface area contributed by atoms with E-state index in [0.717, 1.165) is 47.3 Å². The third-order valence-corrected chi connectivity index (χ3v) is 5.35. The molecule has 3 heterocycles. The first kappa shape index (κ1) is 14.5. The molecule has 0 spiro atoms. The molecular formula is C19H22N4. The number of aromatic nitrogens is 1. The number of benzene rings is 1. The molecule has 1 aromatic heterocycles. The zero-order valence-electron chi connectivity index (χ0n) is 13.3. The SMILES string of the molecule is N#Cc1cc(N2CCC(C3CCCN3)CC2)nc2ccccc12. The first-order valence-electron chi connectivity index (χ1n) is 8.63. The zero-order chi connectivity index (χ0) is 15.6. The molecule has 4 rings (SSSR count). The van der Waals surface area contributed by atoms with E-state index in [4.69, 9.17) is 4.98 Å². The summed E-state index contributed by atoms with van der Waals surface area (Å²) >= 11 is 0. The summed E-state index contributed by atoms with van der Waals surface area (Å²) in [5, 5.41) is 14.0. The largest absolute Gasteiger partial charge is 0.357 e. The molecule has 2 aliphatic rings. The van der Waals surface area contributed by atoms with Gasteiger partial charge in [-0.05, 0) is 50.3 Å². The highest BCUT2D eigenvalue weighted by molar-refractivity contribution is 5.86. The van der Waals surface area contributed by atoms with Crippen LogP contribution in [0.3, 0.4) is 0 Å². The van der Waals surface area contributed by atoms with Gasteiger partial charge in [0.2, 0.25) is 0 Å². The minimum Gasteiger partial charge on any atom is -0.357 e. The average molecular weight is 306 g/mol. The molecule has 118 valence electrons. The summed E-state index contributed by atoms with van der Waals surface area (Å²) in [6, 6.07) is 12.9. The van der Waals surface area contributed by atoms with Crippen LogP contribution < -0.4 is 10.2 Å². The van der Waals surface area contributed by atoms with Crippen molar-refractivity contribution in [1.29, 1.82) is 5.26 Å². The van der Waals surface area contributed by atoms with Gasteiger partial charge in [0.15, 0.2) is 0 Å². The summed E-state index contributed by atoms with van der Waals surface area (Å²) in [4.78, 5) is 7.14. The summed E-state index contributed by atoms with van der Waals surface area (Å²) in [5.74, 6) is 1.75. The number of nitrogens with one attached hydrogen (secondary N) is 1. The van der Waals surface area contributed by atoms with Gasteiger partial charge in [-0.2, -0.15) is 5.26 Å². The van der Waals surface area contributed by atoms with Gasteiger partial charge in [-0.15, -0.1) is 0 Å². The smallest absolute Gasteiger partial charge is 0.130 e. The monoisotopic (exact) mass is 306 g/mol. The van der Waals surface area contributed by atoms with Gasteiger partial charge in [0.05, 0.1) is 17.1 Å². The maximum absolute atomic E-state index is 9.44. The predicted octanol–water partition coefficient (Wildman–Crippen LogP) is 3.07. The van der Waals surface area contributed by atoms with Crippen molar-refractivity contribution in [2.24, 2.45) is 5.92 Å². The summed E-state index contributed by atoms with van der Waals surface area (Å²) in [7, 11) is 0. The first-order chi connectivity index (χ1) is 11.3. The van der Waals surface area contributed by atoms with Gasteiger partial charge < -0.3 is 10.2 Å².